The van der Waals surface area contributed by atoms with E-state index in [9.17, 15) is 14.0 Å². The number of nitrogens with zero attached hydrogens (tertiary/aromatic N) is 1. The van der Waals surface area contributed by atoms with Gasteiger partial charge in [-0.1, -0.05) is 31.2 Å². The molecule has 1 fully saturated rings. The number of ether oxygens (including phenoxy) is 2. The number of rotatable bonds is 8. The van der Waals surface area contributed by atoms with Crippen LogP contribution in [0.25, 0.3) is 11.1 Å². The fourth-order valence-electron chi connectivity index (χ4n) is 4.17. The summed E-state index contributed by atoms with van der Waals surface area (Å²) in [4.78, 5) is 28.6. The van der Waals surface area contributed by atoms with Gasteiger partial charge < -0.3 is 9.47 Å². The lowest BCUT2D eigenvalue weighted by atomic mass is 9.81. The largest absolute Gasteiger partial charge is 0.481 e. The molecule has 3 aromatic rings. The Kier molecular flexibility index (Phi) is 6.54. The minimum Gasteiger partial charge on any atom is -0.481 e. The van der Waals surface area contributed by atoms with Crippen LogP contribution in [0, 0.1) is 17.7 Å². The van der Waals surface area contributed by atoms with Crippen LogP contribution in [-0.4, -0.2) is 23.8 Å². The predicted molar refractivity (Wildman–Crippen MR) is 123 cm³/mol. The number of ketones is 1. The summed E-state index contributed by atoms with van der Waals surface area (Å²) in [5.41, 5.74) is 2.29. The third-order valence-corrected chi connectivity index (χ3v) is 6.23. The van der Waals surface area contributed by atoms with E-state index in [1.54, 1.807) is 37.3 Å². The van der Waals surface area contributed by atoms with Crippen molar-refractivity contribution >= 4 is 11.8 Å². The van der Waals surface area contributed by atoms with Crippen molar-refractivity contribution in [3.8, 4) is 22.8 Å². The normalized spacial score (nSPS) is 14.9. The molecule has 1 saturated carbocycles. The third-order valence-electron chi connectivity index (χ3n) is 6.23. The quantitative estimate of drug-likeness (QED) is 0.321. The van der Waals surface area contributed by atoms with Gasteiger partial charge in [0.25, 0.3) is 0 Å². The van der Waals surface area contributed by atoms with Gasteiger partial charge in [0.2, 0.25) is 5.88 Å². The van der Waals surface area contributed by atoms with Crippen molar-refractivity contribution in [2.45, 2.75) is 32.6 Å². The molecule has 0 N–H and O–H groups in total. The molecule has 0 bridgehead atoms. The molecule has 0 unspecified atom stereocenters. The molecule has 0 spiro atoms. The lowest BCUT2D eigenvalue weighted by molar-refractivity contribution is -0.121. The van der Waals surface area contributed by atoms with Gasteiger partial charge in [0.1, 0.15) is 17.3 Å². The zero-order valence-electron chi connectivity index (χ0n) is 18.9. The number of hydrogen-bond donors (Lipinski definition) is 0. The van der Waals surface area contributed by atoms with Crippen molar-refractivity contribution in [3.05, 3.63) is 77.7 Å². The Hall–Kier alpha value is -3.54. The maximum absolute atomic E-state index is 14.2. The standard InChI is InChI=1S/C27H26FNO4/c1-16(17(2)30)26(19-9-10-19)21-5-4-6-22(13-21)33-27(31)20-11-7-18(8-12-20)23-14-25(32-3)29-15-24(23)28/h4-8,11-16,19,26H,9-10H2,1-3H3/t16-,26+/m1/s1. The molecule has 1 aliphatic carbocycles. The molecule has 1 aromatic heterocycles. The Bertz CT molecular complexity index is 1170. The Labute approximate surface area is 192 Å². The van der Waals surface area contributed by atoms with Gasteiger partial charge in [-0.05, 0) is 67.0 Å². The zero-order valence-corrected chi connectivity index (χ0v) is 18.9. The summed E-state index contributed by atoms with van der Waals surface area (Å²) in [6, 6.07) is 15.4. The Balaban J connectivity index is 1.51. The van der Waals surface area contributed by atoms with E-state index in [-0.39, 0.29) is 17.6 Å². The van der Waals surface area contributed by atoms with Gasteiger partial charge in [-0.15, -0.1) is 0 Å². The molecule has 2 aromatic carbocycles. The van der Waals surface area contributed by atoms with Crippen molar-refractivity contribution in [1.29, 1.82) is 0 Å². The summed E-state index contributed by atoms with van der Waals surface area (Å²) >= 11 is 0. The molecule has 2 atom stereocenters. The van der Waals surface area contributed by atoms with E-state index in [0.29, 0.717) is 34.2 Å². The van der Waals surface area contributed by atoms with Crippen LogP contribution in [0.2, 0.25) is 0 Å². The molecule has 170 valence electrons. The molecule has 1 heterocycles. The summed E-state index contributed by atoms with van der Waals surface area (Å²) in [6.07, 6.45) is 3.33. The minimum atomic E-state index is -0.505. The van der Waals surface area contributed by atoms with Crippen molar-refractivity contribution in [2.75, 3.05) is 7.11 Å². The number of carbonyl (C=O) groups excluding carboxylic acids is 2. The molecule has 33 heavy (non-hydrogen) atoms. The van der Waals surface area contributed by atoms with Gasteiger partial charge in [0, 0.05) is 17.5 Å². The smallest absolute Gasteiger partial charge is 0.343 e. The Morgan fingerprint density at radius 2 is 1.82 bits per heavy atom. The molecule has 0 amide bonds. The third kappa shape index (κ3) is 5.11. The van der Waals surface area contributed by atoms with Crippen LogP contribution in [0.3, 0.4) is 0 Å². The van der Waals surface area contributed by atoms with E-state index < -0.39 is 11.8 Å². The van der Waals surface area contributed by atoms with Crippen molar-refractivity contribution in [2.24, 2.45) is 11.8 Å². The summed E-state index contributed by atoms with van der Waals surface area (Å²) in [6.45, 7) is 3.59. The van der Waals surface area contributed by atoms with Crippen molar-refractivity contribution < 1.29 is 23.5 Å². The predicted octanol–water partition coefficient (Wildman–Crippen LogP) is 5.83. The second-order valence-electron chi connectivity index (χ2n) is 8.51. The van der Waals surface area contributed by atoms with Gasteiger partial charge in [-0.25, -0.2) is 14.2 Å². The van der Waals surface area contributed by atoms with Crippen LogP contribution in [0.1, 0.15) is 48.5 Å². The molecule has 0 aliphatic heterocycles. The number of esters is 1. The van der Waals surface area contributed by atoms with E-state index in [4.69, 9.17) is 9.47 Å². The number of methoxy groups -OCH3 is 1. The summed E-state index contributed by atoms with van der Waals surface area (Å²) in [5.74, 6) is 0.469. The number of aromatic nitrogens is 1. The highest BCUT2D eigenvalue weighted by molar-refractivity contribution is 5.91. The lowest BCUT2D eigenvalue weighted by Gasteiger charge is -2.22. The average molecular weight is 448 g/mol. The van der Waals surface area contributed by atoms with E-state index in [1.165, 1.54) is 13.2 Å². The topological polar surface area (TPSA) is 65.5 Å². The minimum absolute atomic E-state index is 0.0804. The maximum Gasteiger partial charge on any atom is 0.343 e. The monoisotopic (exact) mass is 447 g/mol. The first-order valence-corrected chi connectivity index (χ1v) is 11.0. The molecule has 1 aliphatic rings. The van der Waals surface area contributed by atoms with E-state index in [1.807, 2.05) is 25.1 Å². The van der Waals surface area contributed by atoms with Gasteiger partial charge in [-0.3, -0.25) is 4.79 Å². The highest BCUT2D eigenvalue weighted by Crippen LogP contribution is 2.47. The second-order valence-corrected chi connectivity index (χ2v) is 8.51. The van der Waals surface area contributed by atoms with Crippen molar-refractivity contribution in [1.82, 2.24) is 4.98 Å². The van der Waals surface area contributed by atoms with Crippen LogP contribution >= 0.6 is 0 Å². The summed E-state index contributed by atoms with van der Waals surface area (Å²) in [5, 5.41) is 0. The lowest BCUT2D eigenvalue weighted by Crippen LogP contribution is -2.19. The molecule has 5 nitrogen and oxygen atoms in total. The number of carbonyl (C=O) groups is 2. The van der Waals surface area contributed by atoms with Gasteiger partial charge in [-0.2, -0.15) is 0 Å². The SMILES string of the molecule is COc1cc(-c2ccc(C(=O)Oc3cccc([C@H](C4CC4)[C@H](C)C(C)=O)c3)cc2)c(F)cn1. The summed E-state index contributed by atoms with van der Waals surface area (Å²) < 4.78 is 24.8. The number of halogens is 1. The van der Waals surface area contributed by atoms with E-state index in [0.717, 1.165) is 24.6 Å². The highest BCUT2D eigenvalue weighted by Gasteiger charge is 2.37. The Morgan fingerprint density at radius 1 is 1.09 bits per heavy atom. The fourth-order valence-corrected chi connectivity index (χ4v) is 4.17. The number of Topliss-reactive ketones (excluding diaryl/α,β-unsaturated/α-hetero) is 1. The van der Waals surface area contributed by atoms with E-state index >= 15 is 0 Å². The van der Waals surface area contributed by atoms with Crippen LogP contribution in [0.15, 0.2) is 60.8 Å². The summed E-state index contributed by atoms with van der Waals surface area (Å²) in [7, 11) is 1.46. The van der Waals surface area contributed by atoms with Crippen LogP contribution in [0.5, 0.6) is 11.6 Å². The number of hydrogen-bond acceptors (Lipinski definition) is 5. The first-order valence-electron chi connectivity index (χ1n) is 11.0. The first-order chi connectivity index (χ1) is 15.9. The number of benzene rings is 2. The zero-order chi connectivity index (χ0) is 23.5. The van der Waals surface area contributed by atoms with Crippen LogP contribution < -0.4 is 9.47 Å². The molecular weight excluding hydrogens is 421 g/mol. The second kappa shape index (κ2) is 9.53. The molecule has 0 radical (unpaired) electrons. The maximum atomic E-state index is 14.2. The molecular formula is C27H26FNO4. The fraction of sp³-hybridized carbons (Fsp3) is 0.296. The average Bonchev–Trinajstić information content (AvgIpc) is 3.65. The van der Waals surface area contributed by atoms with Gasteiger partial charge >= 0.3 is 5.97 Å². The molecule has 6 heteroatoms. The van der Waals surface area contributed by atoms with Gasteiger partial charge in [0.05, 0.1) is 18.9 Å². The number of pyridine rings is 1. The van der Waals surface area contributed by atoms with E-state index in [2.05, 4.69) is 4.98 Å². The molecule has 4 rings (SSSR count). The highest BCUT2D eigenvalue weighted by atomic mass is 19.1. The van der Waals surface area contributed by atoms with Crippen LogP contribution in [0.4, 0.5) is 4.39 Å². The Morgan fingerprint density at radius 3 is 2.45 bits per heavy atom. The van der Waals surface area contributed by atoms with Crippen molar-refractivity contribution in [3.63, 3.8) is 0 Å². The van der Waals surface area contributed by atoms with Gasteiger partial charge in [0.15, 0.2) is 0 Å². The molecule has 0 saturated heterocycles. The van der Waals surface area contributed by atoms with Crippen LogP contribution in [-0.2, 0) is 4.79 Å². The first kappa shape index (κ1) is 22.6.